The summed E-state index contributed by atoms with van der Waals surface area (Å²) in [5.74, 6) is -0.465. The third-order valence-electron chi connectivity index (χ3n) is 4.41. The number of benzene rings is 2. The maximum absolute atomic E-state index is 12.8. The van der Waals surface area contributed by atoms with Crippen molar-refractivity contribution in [2.75, 3.05) is 10.6 Å². The Morgan fingerprint density at radius 1 is 1.06 bits per heavy atom. The Labute approximate surface area is 183 Å². The highest BCUT2D eigenvalue weighted by Gasteiger charge is 2.19. The van der Waals surface area contributed by atoms with Crippen molar-refractivity contribution in [3.63, 3.8) is 0 Å². The lowest BCUT2D eigenvalue weighted by Crippen LogP contribution is -2.23. The van der Waals surface area contributed by atoms with Crippen molar-refractivity contribution in [2.45, 2.75) is 38.1 Å². The second kappa shape index (κ2) is 9.57. The van der Waals surface area contributed by atoms with E-state index in [9.17, 15) is 14.4 Å². The zero-order valence-corrected chi connectivity index (χ0v) is 18.5. The summed E-state index contributed by atoms with van der Waals surface area (Å²) in [6.07, 6.45) is 0. The van der Waals surface area contributed by atoms with Crippen LogP contribution in [0.25, 0.3) is 11.3 Å². The highest BCUT2D eigenvalue weighted by atomic mass is 32.2. The number of aromatic amines is 1. The number of H-pyrrole nitrogens is 1. The molecule has 0 saturated heterocycles. The normalized spacial score (nSPS) is 11.6. The predicted octanol–water partition coefficient (Wildman–Crippen LogP) is 3.53. The molecule has 0 spiro atoms. The SMILES string of the molecule is CC(=O)Nc1c(C)cc(C)cc1-c1nnc(SC(C)C(=O)Nc2ccccc2)[nH]c1=O. The zero-order valence-electron chi connectivity index (χ0n) is 17.6. The van der Waals surface area contributed by atoms with E-state index in [4.69, 9.17) is 0 Å². The van der Waals surface area contributed by atoms with E-state index in [1.807, 2.05) is 38.1 Å². The third-order valence-corrected chi connectivity index (χ3v) is 5.39. The quantitative estimate of drug-likeness (QED) is 0.508. The number of aromatic nitrogens is 3. The Bertz CT molecular complexity index is 1180. The number of aryl methyl sites for hydroxylation is 2. The first-order valence-electron chi connectivity index (χ1n) is 9.63. The van der Waals surface area contributed by atoms with Crippen LogP contribution in [-0.4, -0.2) is 32.2 Å². The summed E-state index contributed by atoms with van der Waals surface area (Å²) in [5, 5.41) is 13.5. The number of carbonyl (C=O) groups is 2. The molecule has 2 aromatic carbocycles. The van der Waals surface area contributed by atoms with Crippen LogP contribution in [0, 0.1) is 13.8 Å². The zero-order chi connectivity index (χ0) is 22.5. The van der Waals surface area contributed by atoms with E-state index < -0.39 is 10.8 Å². The maximum Gasteiger partial charge on any atom is 0.278 e. The summed E-state index contributed by atoms with van der Waals surface area (Å²) in [4.78, 5) is 39.5. The molecule has 9 heteroatoms. The van der Waals surface area contributed by atoms with E-state index in [-0.39, 0.29) is 22.7 Å². The molecule has 0 radical (unpaired) electrons. The summed E-state index contributed by atoms with van der Waals surface area (Å²) < 4.78 is 0. The van der Waals surface area contributed by atoms with Gasteiger partial charge in [-0.2, -0.15) is 0 Å². The number of thioether (sulfide) groups is 1. The molecule has 1 unspecified atom stereocenters. The molecule has 0 aliphatic rings. The van der Waals surface area contributed by atoms with Gasteiger partial charge in [-0.15, -0.1) is 10.2 Å². The topological polar surface area (TPSA) is 117 Å². The number of rotatable bonds is 6. The Morgan fingerprint density at radius 2 is 1.77 bits per heavy atom. The molecule has 0 aliphatic carbocycles. The van der Waals surface area contributed by atoms with Crippen LogP contribution in [-0.2, 0) is 9.59 Å². The number of amides is 2. The average Bonchev–Trinajstić information content (AvgIpc) is 2.70. The lowest BCUT2D eigenvalue weighted by atomic mass is 10.0. The summed E-state index contributed by atoms with van der Waals surface area (Å²) in [5.41, 5.74) is 3.09. The van der Waals surface area contributed by atoms with Crippen molar-refractivity contribution >= 4 is 35.0 Å². The van der Waals surface area contributed by atoms with Gasteiger partial charge in [-0.3, -0.25) is 19.4 Å². The molecule has 3 aromatic rings. The molecular weight excluding hydrogens is 414 g/mol. The molecule has 0 saturated carbocycles. The molecule has 1 aromatic heterocycles. The molecule has 0 aliphatic heterocycles. The molecule has 2 amide bonds. The number of nitrogens with one attached hydrogen (secondary N) is 3. The number of carbonyl (C=O) groups excluding carboxylic acids is 2. The Morgan fingerprint density at radius 3 is 2.42 bits per heavy atom. The fourth-order valence-corrected chi connectivity index (χ4v) is 3.77. The van der Waals surface area contributed by atoms with Crippen LogP contribution >= 0.6 is 11.8 Å². The third kappa shape index (κ3) is 5.58. The number of anilines is 2. The van der Waals surface area contributed by atoms with E-state index in [1.165, 1.54) is 6.92 Å². The van der Waals surface area contributed by atoms with E-state index in [0.717, 1.165) is 22.9 Å². The minimum absolute atomic E-state index is 0.0984. The van der Waals surface area contributed by atoms with Crippen LogP contribution in [0.1, 0.15) is 25.0 Å². The molecule has 0 bridgehead atoms. The molecule has 8 nitrogen and oxygen atoms in total. The minimum Gasteiger partial charge on any atom is -0.325 e. The highest BCUT2D eigenvalue weighted by Crippen LogP contribution is 2.30. The lowest BCUT2D eigenvalue weighted by Gasteiger charge is -2.14. The molecule has 31 heavy (non-hydrogen) atoms. The highest BCUT2D eigenvalue weighted by molar-refractivity contribution is 8.00. The Kier molecular flexibility index (Phi) is 6.86. The summed E-state index contributed by atoms with van der Waals surface area (Å²) >= 11 is 1.10. The van der Waals surface area contributed by atoms with Crippen molar-refractivity contribution in [3.8, 4) is 11.3 Å². The van der Waals surface area contributed by atoms with Crippen LogP contribution in [0.4, 0.5) is 11.4 Å². The van der Waals surface area contributed by atoms with Gasteiger partial charge in [-0.25, -0.2) is 0 Å². The molecule has 3 N–H and O–H groups in total. The van der Waals surface area contributed by atoms with Crippen LogP contribution in [0.3, 0.4) is 0 Å². The second-order valence-corrected chi connectivity index (χ2v) is 8.44. The smallest absolute Gasteiger partial charge is 0.278 e. The van der Waals surface area contributed by atoms with Crippen molar-refractivity contribution in [2.24, 2.45) is 0 Å². The molecule has 0 fully saturated rings. The van der Waals surface area contributed by atoms with E-state index in [1.54, 1.807) is 25.1 Å². The molecule has 1 heterocycles. The standard InChI is InChI=1S/C22H23N5O3S/c1-12-10-13(2)18(23-15(4)28)17(11-12)19-21(30)25-22(27-26-19)31-14(3)20(29)24-16-8-6-5-7-9-16/h5-11,14H,1-4H3,(H,23,28)(H,24,29)(H,25,27,30). The molecule has 160 valence electrons. The van der Waals surface area contributed by atoms with Gasteiger partial charge in [0.05, 0.1) is 10.9 Å². The fourth-order valence-electron chi connectivity index (χ4n) is 3.03. The van der Waals surface area contributed by atoms with Crippen LogP contribution in [0.15, 0.2) is 52.4 Å². The van der Waals surface area contributed by atoms with Gasteiger partial charge in [0.25, 0.3) is 5.56 Å². The van der Waals surface area contributed by atoms with Crippen molar-refractivity contribution in [1.29, 1.82) is 0 Å². The first kappa shape index (κ1) is 22.2. The van der Waals surface area contributed by atoms with Crippen LogP contribution in [0.5, 0.6) is 0 Å². The predicted molar refractivity (Wildman–Crippen MR) is 122 cm³/mol. The fraction of sp³-hybridized carbons (Fsp3) is 0.227. The van der Waals surface area contributed by atoms with Crippen LogP contribution < -0.4 is 16.2 Å². The molecule has 3 rings (SSSR count). The molecule has 1 atom stereocenters. The van der Waals surface area contributed by atoms with E-state index >= 15 is 0 Å². The van der Waals surface area contributed by atoms with Crippen molar-refractivity contribution in [3.05, 3.63) is 63.9 Å². The van der Waals surface area contributed by atoms with E-state index in [2.05, 4.69) is 25.8 Å². The first-order chi connectivity index (χ1) is 14.7. The monoisotopic (exact) mass is 437 g/mol. The Hall–Kier alpha value is -3.46. The number of para-hydroxylation sites is 1. The minimum atomic E-state index is -0.507. The molecular formula is C22H23N5O3S. The van der Waals surface area contributed by atoms with Gasteiger partial charge in [0, 0.05) is 18.2 Å². The lowest BCUT2D eigenvalue weighted by molar-refractivity contribution is -0.115. The Balaban J connectivity index is 1.83. The summed E-state index contributed by atoms with van der Waals surface area (Å²) in [6.45, 7) is 6.86. The van der Waals surface area contributed by atoms with Gasteiger partial charge < -0.3 is 10.6 Å². The van der Waals surface area contributed by atoms with Crippen LogP contribution in [0.2, 0.25) is 0 Å². The summed E-state index contributed by atoms with van der Waals surface area (Å²) in [6, 6.07) is 12.8. The number of hydrogen-bond donors (Lipinski definition) is 3. The second-order valence-electron chi connectivity index (χ2n) is 7.11. The number of hydrogen-bond acceptors (Lipinski definition) is 6. The maximum atomic E-state index is 12.8. The van der Waals surface area contributed by atoms with Gasteiger partial charge in [-0.1, -0.05) is 41.6 Å². The van der Waals surface area contributed by atoms with Gasteiger partial charge in [0.1, 0.15) is 0 Å². The van der Waals surface area contributed by atoms with Crippen molar-refractivity contribution in [1.82, 2.24) is 15.2 Å². The van der Waals surface area contributed by atoms with Gasteiger partial charge >= 0.3 is 0 Å². The van der Waals surface area contributed by atoms with Crippen molar-refractivity contribution < 1.29 is 9.59 Å². The van der Waals surface area contributed by atoms with Gasteiger partial charge in [0.15, 0.2) is 10.9 Å². The van der Waals surface area contributed by atoms with Gasteiger partial charge in [-0.05, 0) is 44.5 Å². The largest absolute Gasteiger partial charge is 0.325 e. The van der Waals surface area contributed by atoms with Gasteiger partial charge in [0.2, 0.25) is 11.8 Å². The number of nitrogens with zero attached hydrogens (tertiary/aromatic N) is 2. The average molecular weight is 438 g/mol. The van der Waals surface area contributed by atoms with E-state index in [0.29, 0.717) is 16.9 Å². The summed E-state index contributed by atoms with van der Waals surface area (Å²) in [7, 11) is 0. The first-order valence-corrected chi connectivity index (χ1v) is 10.5.